The number of hydrogen-bond donors (Lipinski definition) is 4. The van der Waals surface area contributed by atoms with E-state index in [1.165, 1.54) is 0 Å². The molecule has 1 unspecified atom stereocenters. The molecule has 1 heterocycles. The van der Waals surface area contributed by atoms with E-state index in [9.17, 15) is 0 Å². The summed E-state index contributed by atoms with van der Waals surface area (Å²) in [5.41, 5.74) is 0. The van der Waals surface area contributed by atoms with Crippen molar-refractivity contribution in [1.29, 1.82) is 0 Å². The van der Waals surface area contributed by atoms with Crippen LogP contribution in [0.4, 0.5) is 0 Å². The molecule has 68 valence electrons. The third-order valence-corrected chi connectivity index (χ3v) is 1.95. The minimum atomic E-state index is -0.833. The van der Waals surface area contributed by atoms with Crippen LogP contribution >= 0.6 is 12.4 Å². The Labute approximate surface area is 71.6 Å². The molecule has 0 bridgehead atoms. The first-order valence-electron chi connectivity index (χ1n) is 3.40. The number of hydrogen-bond acceptors (Lipinski definition) is 4. The number of aliphatic hydroxyl groups is 3. The molecule has 0 aromatic rings. The maximum atomic E-state index is 9.16. The van der Waals surface area contributed by atoms with E-state index in [-0.39, 0.29) is 31.1 Å². The molecule has 0 radical (unpaired) electrons. The Morgan fingerprint density at radius 1 is 1.27 bits per heavy atom. The predicted octanol–water partition coefficient (Wildman–Crippen LogP) is -1.52. The fraction of sp³-hybridized carbons (Fsp3) is 1.00. The average molecular weight is 184 g/mol. The summed E-state index contributed by atoms with van der Waals surface area (Å²) < 4.78 is 0. The third kappa shape index (κ3) is 2.04. The lowest BCUT2D eigenvalue weighted by Gasteiger charge is -2.11. The van der Waals surface area contributed by atoms with Crippen LogP contribution in [0.15, 0.2) is 0 Å². The maximum absolute atomic E-state index is 9.16. The van der Waals surface area contributed by atoms with Crippen molar-refractivity contribution in [2.24, 2.45) is 0 Å². The molecule has 4 nitrogen and oxygen atoms in total. The highest BCUT2D eigenvalue weighted by molar-refractivity contribution is 5.85. The number of rotatable bonds is 1. The largest absolute Gasteiger partial charge is 0.395 e. The molecule has 0 aliphatic carbocycles. The normalized spacial score (nSPS) is 43.6. The van der Waals surface area contributed by atoms with E-state index in [0.717, 1.165) is 0 Å². The van der Waals surface area contributed by atoms with Gasteiger partial charge in [0.1, 0.15) is 0 Å². The van der Waals surface area contributed by atoms with Crippen molar-refractivity contribution in [2.45, 2.75) is 31.2 Å². The van der Waals surface area contributed by atoms with Crippen LogP contribution in [-0.4, -0.2) is 46.2 Å². The van der Waals surface area contributed by atoms with Gasteiger partial charge in [-0.15, -0.1) is 12.4 Å². The minimum absolute atomic E-state index is 0. The molecule has 5 heteroatoms. The minimum Gasteiger partial charge on any atom is -0.395 e. The van der Waals surface area contributed by atoms with Crippen LogP contribution < -0.4 is 5.32 Å². The Bertz CT molecular complexity index is 124. The summed E-state index contributed by atoms with van der Waals surface area (Å²) in [7, 11) is 0. The summed E-state index contributed by atoms with van der Waals surface area (Å²) in [4.78, 5) is 0. The predicted molar refractivity (Wildman–Crippen MR) is 42.7 cm³/mol. The summed E-state index contributed by atoms with van der Waals surface area (Å²) in [6.45, 7) is 1.63. The van der Waals surface area contributed by atoms with Crippen LogP contribution in [0.25, 0.3) is 0 Å². The van der Waals surface area contributed by atoms with Crippen LogP contribution in [0.2, 0.25) is 0 Å². The van der Waals surface area contributed by atoms with Gasteiger partial charge in [0.25, 0.3) is 0 Å². The Morgan fingerprint density at radius 2 is 1.82 bits per heavy atom. The number of aliphatic hydroxyl groups excluding tert-OH is 3. The molecule has 1 fully saturated rings. The lowest BCUT2D eigenvalue weighted by molar-refractivity contribution is 0.0214. The molecule has 4 atom stereocenters. The molecule has 1 aliphatic rings. The van der Waals surface area contributed by atoms with Crippen molar-refractivity contribution in [2.75, 3.05) is 6.61 Å². The van der Waals surface area contributed by atoms with Gasteiger partial charge in [0, 0.05) is 6.04 Å². The zero-order valence-corrected chi connectivity index (χ0v) is 7.08. The molecule has 11 heavy (non-hydrogen) atoms. The molecule has 0 amide bonds. The first-order valence-corrected chi connectivity index (χ1v) is 3.40. The van der Waals surface area contributed by atoms with Crippen LogP contribution in [0.1, 0.15) is 6.92 Å². The van der Waals surface area contributed by atoms with Gasteiger partial charge < -0.3 is 20.6 Å². The van der Waals surface area contributed by atoms with Crippen molar-refractivity contribution < 1.29 is 15.3 Å². The van der Waals surface area contributed by atoms with Crippen LogP contribution in [0.3, 0.4) is 0 Å². The highest BCUT2D eigenvalue weighted by Gasteiger charge is 2.37. The summed E-state index contributed by atoms with van der Waals surface area (Å²) >= 11 is 0. The van der Waals surface area contributed by atoms with Gasteiger partial charge in [0.2, 0.25) is 0 Å². The van der Waals surface area contributed by atoms with Gasteiger partial charge in [-0.3, -0.25) is 0 Å². The van der Waals surface area contributed by atoms with Crippen molar-refractivity contribution in [3.63, 3.8) is 0 Å². The van der Waals surface area contributed by atoms with Crippen LogP contribution in [-0.2, 0) is 0 Å². The van der Waals surface area contributed by atoms with Gasteiger partial charge in [0.15, 0.2) is 0 Å². The molecule has 0 aromatic heterocycles. The lowest BCUT2D eigenvalue weighted by atomic mass is 10.1. The summed E-state index contributed by atoms with van der Waals surface area (Å²) in [6, 6.07) is -0.503. The number of halogens is 1. The van der Waals surface area contributed by atoms with E-state index in [1.807, 2.05) is 0 Å². The van der Waals surface area contributed by atoms with Crippen molar-refractivity contribution in [1.82, 2.24) is 5.32 Å². The zero-order valence-electron chi connectivity index (χ0n) is 6.27. The highest BCUT2D eigenvalue weighted by atomic mass is 35.5. The van der Waals surface area contributed by atoms with E-state index in [2.05, 4.69) is 5.32 Å². The van der Waals surface area contributed by atoms with Crippen molar-refractivity contribution >= 4 is 12.4 Å². The van der Waals surface area contributed by atoms with Crippen LogP contribution in [0, 0.1) is 0 Å². The second kappa shape index (κ2) is 4.23. The molecule has 4 N–H and O–H groups in total. The molecule has 1 aliphatic heterocycles. The maximum Gasteiger partial charge on any atom is 0.0989 e. The molecule has 0 saturated carbocycles. The monoisotopic (exact) mass is 183 g/mol. The van der Waals surface area contributed by atoms with E-state index < -0.39 is 12.2 Å². The zero-order chi connectivity index (χ0) is 7.72. The van der Waals surface area contributed by atoms with Crippen LogP contribution in [0.5, 0.6) is 0 Å². The molecular formula is C6H14ClNO3. The molecule has 0 spiro atoms. The second-order valence-electron chi connectivity index (χ2n) is 2.73. The summed E-state index contributed by atoms with van der Waals surface area (Å²) in [5.74, 6) is 0. The SMILES string of the molecule is CC1N[C@H](CO)[C@@H](O)[C@H]1O.Cl. The Hall–Kier alpha value is 0.130. The number of nitrogens with one attached hydrogen (secondary N) is 1. The fourth-order valence-electron chi connectivity index (χ4n) is 1.23. The van der Waals surface area contributed by atoms with Gasteiger partial charge in [-0.2, -0.15) is 0 Å². The van der Waals surface area contributed by atoms with E-state index in [4.69, 9.17) is 15.3 Å². The smallest absolute Gasteiger partial charge is 0.0989 e. The van der Waals surface area contributed by atoms with E-state index >= 15 is 0 Å². The molecule has 0 aromatic carbocycles. The lowest BCUT2D eigenvalue weighted by Crippen LogP contribution is -2.36. The Morgan fingerprint density at radius 3 is 2.00 bits per heavy atom. The van der Waals surface area contributed by atoms with Gasteiger partial charge >= 0.3 is 0 Å². The summed E-state index contributed by atoms with van der Waals surface area (Å²) in [5, 5.41) is 29.8. The first kappa shape index (κ1) is 11.1. The molecule has 1 rings (SSSR count). The van der Waals surface area contributed by atoms with Crippen molar-refractivity contribution in [3.05, 3.63) is 0 Å². The van der Waals surface area contributed by atoms with Gasteiger partial charge in [-0.1, -0.05) is 0 Å². The third-order valence-electron chi connectivity index (χ3n) is 1.95. The molecular weight excluding hydrogens is 170 g/mol. The van der Waals surface area contributed by atoms with E-state index in [0.29, 0.717) is 0 Å². The Kier molecular flexibility index (Phi) is 4.28. The molecule has 1 saturated heterocycles. The first-order chi connectivity index (χ1) is 4.66. The fourth-order valence-corrected chi connectivity index (χ4v) is 1.23. The topological polar surface area (TPSA) is 72.7 Å². The standard InChI is InChI=1S/C6H13NO3.ClH/c1-3-5(9)6(10)4(2-8)7-3;/h3-10H,2H2,1H3;1H/t3?,4-,5+,6-;/m1./s1. The quantitative estimate of drug-likeness (QED) is 0.399. The van der Waals surface area contributed by atoms with Crippen molar-refractivity contribution in [3.8, 4) is 0 Å². The Balaban J connectivity index is 0.000001000. The van der Waals surface area contributed by atoms with Gasteiger partial charge in [0.05, 0.1) is 24.9 Å². The average Bonchev–Trinajstić information content (AvgIpc) is 2.17. The van der Waals surface area contributed by atoms with Gasteiger partial charge in [-0.25, -0.2) is 0 Å². The second-order valence-corrected chi connectivity index (χ2v) is 2.73. The highest BCUT2D eigenvalue weighted by Crippen LogP contribution is 2.12. The summed E-state index contributed by atoms with van der Waals surface area (Å²) in [6.07, 6.45) is -1.59. The van der Waals surface area contributed by atoms with E-state index in [1.54, 1.807) is 6.92 Å². The van der Waals surface area contributed by atoms with Gasteiger partial charge in [-0.05, 0) is 6.92 Å².